The molecule has 0 spiro atoms. The molecule has 1 aromatic carbocycles. The summed E-state index contributed by atoms with van der Waals surface area (Å²) in [6, 6.07) is 6.93. The summed E-state index contributed by atoms with van der Waals surface area (Å²) in [6.45, 7) is 0. The van der Waals surface area contributed by atoms with Crippen LogP contribution in [0.15, 0.2) is 34.5 Å². The van der Waals surface area contributed by atoms with Gasteiger partial charge in [0.25, 0.3) is 9.05 Å². The van der Waals surface area contributed by atoms with Crippen molar-refractivity contribution in [3.05, 3.63) is 29.6 Å². The van der Waals surface area contributed by atoms with Crippen molar-refractivity contribution in [1.82, 2.24) is 0 Å². The molecule has 5 heteroatoms. The van der Waals surface area contributed by atoms with E-state index in [2.05, 4.69) is 0 Å². The summed E-state index contributed by atoms with van der Waals surface area (Å²) in [7, 11) is 1.66. The van der Waals surface area contributed by atoms with Crippen molar-refractivity contribution in [2.75, 3.05) is 0 Å². The summed E-state index contributed by atoms with van der Waals surface area (Å²) in [5, 5.41) is 2.75. The minimum absolute atomic E-state index is 0.196. The molecule has 68 valence electrons. The number of thiophene rings is 1. The van der Waals surface area contributed by atoms with E-state index >= 15 is 0 Å². The molecule has 0 aliphatic heterocycles. The minimum Gasteiger partial charge on any atom is -0.207 e. The third-order valence-electron chi connectivity index (χ3n) is 1.71. The molecule has 2 nitrogen and oxygen atoms in total. The highest BCUT2D eigenvalue weighted by Crippen LogP contribution is 2.29. The van der Waals surface area contributed by atoms with Crippen LogP contribution in [-0.2, 0) is 9.05 Å². The average Bonchev–Trinajstić information content (AvgIpc) is 2.48. The minimum atomic E-state index is -3.62. The standard InChI is InChI=1S/C8H5ClO2S2/c9-13(10,11)7-3-1-2-6-4-5-12-8(6)7/h1-5H. The molecular weight excluding hydrogens is 228 g/mol. The fourth-order valence-electron chi connectivity index (χ4n) is 1.16. The zero-order valence-corrected chi connectivity index (χ0v) is 8.79. The molecule has 0 bridgehead atoms. The van der Waals surface area contributed by atoms with Gasteiger partial charge in [-0.05, 0) is 22.9 Å². The Hall–Kier alpha value is -0.580. The highest BCUT2D eigenvalue weighted by Gasteiger charge is 2.13. The molecule has 2 aromatic rings. The Bertz CT molecular complexity index is 542. The Morgan fingerprint density at radius 2 is 2.00 bits per heavy atom. The lowest BCUT2D eigenvalue weighted by Crippen LogP contribution is -1.89. The van der Waals surface area contributed by atoms with Crippen LogP contribution in [0, 0.1) is 0 Å². The predicted octanol–water partition coefficient (Wildman–Crippen LogP) is 2.83. The average molecular weight is 233 g/mol. The van der Waals surface area contributed by atoms with E-state index in [4.69, 9.17) is 10.7 Å². The lowest BCUT2D eigenvalue weighted by molar-refractivity contribution is 0.610. The van der Waals surface area contributed by atoms with E-state index in [1.807, 2.05) is 17.5 Å². The molecule has 0 saturated carbocycles. The Morgan fingerprint density at radius 1 is 1.23 bits per heavy atom. The van der Waals surface area contributed by atoms with Crippen molar-refractivity contribution in [2.45, 2.75) is 4.90 Å². The van der Waals surface area contributed by atoms with E-state index in [1.54, 1.807) is 6.07 Å². The van der Waals surface area contributed by atoms with Crippen LogP contribution in [0.5, 0.6) is 0 Å². The first-order valence-corrected chi connectivity index (χ1v) is 6.69. The van der Waals surface area contributed by atoms with E-state index in [1.165, 1.54) is 17.4 Å². The van der Waals surface area contributed by atoms with Gasteiger partial charge in [0.05, 0.1) is 4.70 Å². The second-order valence-electron chi connectivity index (χ2n) is 2.53. The van der Waals surface area contributed by atoms with Gasteiger partial charge in [0.1, 0.15) is 4.90 Å². The third-order valence-corrected chi connectivity index (χ3v) is 4.16. The summed E-state index contributed by atoms with van der Waals surface area (Å²) >= 11 is 1.38. The molecule has 0 N–H and O–H groups in total. The maximum atomic E-state index is 11.1. The van der Waals surface area contributed by atoms with Gasteiger partial charge in [0.2, 0.25) is 0 Å². The molecule has 0 unspecified atom stereocenters. The van der Waals surface area contributed by atoms with Crippen molar-refractivity contribution in [2.24, 2.45) is 0 Å². The van der Waals surface area contributed by atoms with E-state index in [-0.39, 0.29) is 4.90 Å². The van der Waals surface area contributed by atoms with Crippen molar-refractivity contribution < 1.29 is 8.42 Å². The molecule has 0 radical (unpaired) electrons. The van der Waals surface area contributed by atoms with Crippen molar-refractivity contribution >= 4 is 41.2 Å². The first-order chi connectivity index (χ1) is 6.09. The number of hydrogen-bond donors (Lipinski definition) is 0. The number of rotatable bonds is 1. The molecular formula is C8H5ClO2S2. The van der Waals surface area contributed by atoms with Crippen LogP contribution in [0.4, 0.5) is 0 Å². The van der Waals surface area contributed by atoms with Gasteiger partial charge in [0.15, 0.2) is 0 Å². The predicted molar refractivity (Wildman–Crippen MR) is 54.9 cm³/mol. The molecule has 0 atom stereocenters. The van der Waals surface area contributed by atoms with Gasteiger partial charge in [-0.15, -0.1) is 11.3 Å². The quantitative estimate of drug-likeness (QED) is 0.709. The topological polar surface area (TPSA) is 34.1 Å². The van der Waals surface area contributed by atoms with E-state index in [0.717, 1.165) is 10.1 Å². The normalized spacial score (nSPS) is 12.1. The highest BCUT2D eigenvalue weighted by molar-refractivity contribution is 8.14. The number of halogens is 1. The summed E-state index contributed by atoms with van der Waals surface area (Å²) in [5.41, 5.74) is 0. The van der Waals surface area contributed by atoms with Crippen LogP contribution in [0.25, 0.3) is 10.1 Å². The van der Waals surface area contributed by atoms with E-state index in [0.29, 0.717) is 0 Å². The molecule has 1 aromatic heterocycles. The first kappa shape index (κ1) is 8.99. The van der Waals surface area contributed by atoms with Crippen LogP contribution >= 0.6 is 22.0 Å². The fraction of sp³-hybridized carbons (Fsp3) is 0. The second-order valence-corrected chi connectivity index (χ2v) is 5.98. The molecule has 13 heavy (non-hydrogen) atoms. The van der Waals surface area contributed by atoms with E-state index in [9.17, 15) is 8.42 Å². The Labute approximate surface area is 84.2 Å². The summed E-state index contributed by atoms with van der Waals surface area (Å²) in [6.07, 6.45) is 0. The monoisotopic (exact) mass is 232 g/mol. The van der Waals surface area contributed by atoms with Crippen LogP contribution in [0.2, 0.25) is 0 Å². The zero-order valence-electron chi connectivity index (χ0n) is 6.40. The summed E-state index contributed by atoms with van der Waals surface area (Å²) in [5.74, 6) is 0. The molecule has 0 aliphatic carbocycles. The number of fused-ring (bicyclic) bond motifs is 1. The van der Waals surface area contributed by atoms with Gasteiger partial charge in [0, 0.05) is 10.7 Å². The molecule has 0 aliphatic rings. The molecule has 2 rings (SSSR count). The van der Waals surface area contributed by atoms with Gasteiger partial charge in [-0.3, -0.25) is 0 Å². The maximum absolute atomic E-state index is 11.1. The Kier molecular flexibility index (Phi) is 2.06. The van der Waals surface area contributed by atoms with Gasteiger partial charge in [-0.2, -0.15) is 0 Å². The van der Waals surface area contributed by atoms with Crippen LogP contribution in [0.3, 0.4) is 0 Å². The molecule has 0 saturated heterocycles. The lowest BCUT2D eigenvalue weighted by atomic mass is 10.3. The van der Waals surface area contributed by atoms with Gasteiger partial charge >= 0.3 is 0 Å². The van der Waals surface area contributed by atoms with Gasteiger partial charge in [-0.25, -0.2) is 8.42 Å². The van der Waals surface area contributed by atoms with Crippen LogP contribution in [0.1, 0.15) is 0 Å². The Morgan fingerprint density at radius 3 is 2.69 bits per heavy atom. The van der Waals surface area contributed by atoms with Crippen molar-refractivity contribution in [1.29, 1.82) is 0 Å². The van der Waals surface area contributed by atoms with E-state index < -0.39 is 9.05 Å². The molecule has 0 fully saturated rings. The Balaban J connectivity index is 2.91. The molecule has 1 heterocycles. The number of benzene rings is 1. The second kappa shape index (κ2) is 2.97. The van der Waals surface area contributed by atoms with Crippen molar-refractivity contribution in [3.63, 3.8) is 0 Å². The fourth-order valence-corrected chi connectivity index (χ4v) is 3.54. The maximum Gasteiger partial charge on any atom is 0.262 e. The van der Waals surface area contributed by atoms with Crippen molar-refractivity contribution in [3.8, 4) is 0 Å². The van der Waals surface area contributed by atoms with Gasteiger partial charge in [-0.1, -0.05) is 12.1 Å². The summed E-state index contributed by atoms with van der Waals surface area (Å²) < 4.78 is 23.0. The smallest absolute Gasteiger partial charge is 0.207 e. The van der Waals surface area contributed by atoms with Crippen LogP contribution in [-0.4, -0.2) is 8.42 Å². The number of hydrogen-bond acceptors (Lipinski definition) is 3. The lowest BCUT2D eigenvalue weighted by Gasteiger charge is -1.96. The highest BCUT2D eigenvalue weighted by atomic mass is 35.7. The first-order valence-electron chi connectivity index (χ1n) is 3.50. The SMILES string of the molecule is O=S(=O)(Cl)c1cccc2ccsc12. The van der Waals surface area contributed by atoms with Gasteiger partial charge < -0.3 is 0 Å². The zero-order chi connectivity index (χ0) is 9.47. The van der Waals surface area contributed by atoms with Crippen LogP contribution < -0.4 is 0 Å². The largest absolute Gasteiger partial charge is 0.262 e. The summed E-state index contributed by atoms with van der Waals surface area (Å²) in [4.78, 5) is 0.196. The third kappa shape index (κ3) is 1.57. The molecule has 0 amide bonds.